The fraction of sp³-hybridized carbons (Fsp3) is 0.235. The molecule has 0 saturated heterocycles. The van der Waals surface area contributed by atoms with Crippen molar-refractivity contribution in [1.82, 2.24) is 0 Å². The number of ether oxygens (including phenoxy) is 2. The van der Waals surface area contributed by atoms with E-state index in [4.69, 9.17) is 9.47 Å². The van der Waals surface area contributed by atoms with E-state index in [1.165, 1.54) is 20.1 Å². The standard InChI is InChI=1S/C17H17FO5/c1-10(20)23-9-12-7-15(21)16(17(18)14(12)8-19)11-3-5-13(22-2)6-4-11/h3-7,19,21H,8-9H2,1-2H3. The van der Waals surface area contributed by atoms with Crippen LogP contribution in [-0.2, 0) is 22.7 Å². The molecule has 0 aliphatic heterocycles. The minimum absolute atomic E-state index is 0.0186. The Morgan fingerprint density at radius 2 is 1.91 bits per heavy atom. The minimum atomic E-state index is -0.750. The average Bonchev–Trinajstić information content (AvgIpc) is 2.53. The molecule has 6 heteroatoms. The Labute approximate surface area is 132 Å². The zero-order chi connectivity index (χ0) is 17.0. The monoisotopic (exact) mass is 320 g/mol. The zero-order valence-corrected chi connectivity index (χ0v) is 12.8. The van der Waals surface area contributed by atoms with Gasteiger partial charge < -0.3 is 19.7 Å². The lowest BCUT2D eigenvalue weighted by atomic mass is 9.97. The highest BCUT2D eigenvalue weighted by atomic mass is 19.1. The van der Waals surface area contributed by atoms with Gasteiger partial charge in [0.05, 0.1) is 19.3 Å². The first kappa shape index (κ1) is 16.8. The van der Waals surface area contributed by atoms with Crippen LogP contribution in [0, 0.1) is 5.82 Å². The van der Waals surface area contributed by atoms with Crippen molar-refractivity contribution in [2.45, 2.75) is 20.1 Å². The van der Waals surface area contributed by atoms with Crippen LogP contribution in [0.1, 0.15) is 18.1 Å². The predicted octanol–water partition coefficient (Wildman–Crippen LogP) is 2.76. The van der Waals surface area contributed by atoms with Crippen molar-refractivity contribution in [3.05, 3.63) is 47.3 Å². The number of carbonyl (C=O) groups excluding carboxylic acids is 1. The van der Waals surface area contributed by atoms with Crippen LogP contribution in [0.2, 0.25) is 0 Å². The second-order valence-electron chi connectivity index (χ2n) is 4.89. The van der Waals surface area contributed by atoms with Crippen LogP contribution >= 0.6 is 0 Å². The number of hydrogen-bond donors (Lipinski definition) is 2. The van der Waals surface area contributed by atoms with Crippen LogP contribution < -0.4 is 4.74 Å². The van der Waals surface area contributed by atoms with Gasteiger partial charge in [0.15, 0.2) is 0 Å². The normalized spacial score (nSPS) is 10.4. The topological polar surface area (TPSA) is 76.0 Å². The molecule has 0 bridgehead atoms. The number of carbonyl (C=O) groups is 1. The Morgan fingerprint density at radius 1 is 1.26 bits per heavy atom. The number of hydrogen-bond acceptors (Lipinski definition) is 5. The molecule has 0 fully saturated rings. The molecule has 0 aromatic heterocycles. The van der Waals surface area contributed by atoms with Crippen LogP contribution in [0.4, 0.5) is 4.39 Å². The highest BCUT2D eigenvalue weighted by Crippen LogP contribution is 2.36. The largest absolute Gasteiger partial charge is 0.507 e. The summed E-state index contributed by atoms with van der Waals surface area (Å²) in [5.41, 5.74) is 0.614. The molecule has 2 aromatic rings. The van der Waals surface area contributed by atoms with Gasteiger partial charge in [0.1, 0.15) is 23.9 Å². The summed E-state index contributed by atoms with van der Waals surface area (Å²) in [6.07, 6.45) is 0. The van der Waals surface area contributed by atoms with Crippen LogP contribution in [0.15, 0.2) is 30.3 Å². The molecule has 122 valence electrons. The molecule has 0 aliphatic carbocycles. The Kier molecular flexibility index (Phi) is 5.18. The molecular weight excluding hydrogens is 303 g/mol. The van der Waals surface area contributed by atoms with E-state index in [9.17, 15) is 19.4 Å². The molecule has 23 heavy (non-hydrogen) atoms. The first-order valence-corrected chi connectivity index (χ1v) is 6.89. The molecule has 2 N–H and O–H groups in total. The third kappa shape index (κ3) is 3.60. The van der Waals surface area contributed by atoms with Gasteiger partial charge in [-0.2, -0.15) is 0 Å². The quantitative estimate of drug-likeness (QED) is 0.829. The fourth-order valence-corrected chi connectivity index (χ4v) is 2.24. The highest BCUT2D eigenvalue weighted by Gasteiger charge is 2.19. The van der Waals surface area contributed by atoms with Crippen LogP contribution in [0.25, 0.3) is 11.1 Å². The van der Waals surface area contributed by atoms with E-state index in [0.717, 1.165) is 0 Å². The lowest BCUT2D eigenvalue weighted by molar-refractivity contribution is -0.142. The van der Waals surface area contributed by atoms with Crippen molar-refractivity contribution in [3.63, 3.8) is 0 Å². The number of methoxy groups -OCH3 is 1. The van der Waals surface area contributed by atoms with Gasteiger partial charge >= 0.3 is 5.97 Å². The Morgan fingerprint density at radius 3 is 2.43 bits per heavy atom. The van der Waals surface area contributed by atoms with Crippen molar-refractivity contribution in [3.8, 4) is 22.6 Å². The third-order valence-corrected chi connectivity index (χ3v) is 3.41. The Hall–Kier alpha value is -2.60. The maximum atomic E-state index is 14.7. The van der Waals surface area contributed by atoms with Gasteiger partial charge in [-0.3, -0.25) is 4.79 Å². The van der Waals surface area contributed by atoms with E-state index in [0.29, 0.717) is 11.3 Å². The molecule has 0 radical (unpaired) electrons. The molecule has 2 aromatic carbocycles. The summed E-state index contributed by atoms with van der Waals surface area (Å²) in [4.78, 5) is 10.9. The second kappa shape index (κ2) is 7.11. The molecule has 0 spiro atoms. The summed E-state index contributed by atoms with van der Waals surface area (Å²) in [6.45, 7) is 0.422. The molecule has 0 atom stereocenters. The molecule has 0 amide bonds. The molecule has 0 unspecified atom stereocenters. The van der Waals surface area contributed by atoms with Gasteiger partial charge in [-0.15, -0.1) is 0 Å². The van der Waals surface area contributed by atoms with Crippen molar-refractivity contribution < 1.29 is 28.9 Å². The summed E-state index contributed by atoms with van der Waals surface area (Å²) in [5.74, 6) is -0.984. The van der Waals surface area contributed by atoms with Gasteiger partial charge in [-0.25, -0.2) is 4.39 Å². The van der Waals surface area contributed by atoms with Crippen LogP contribution in [-0.4, -0.2) is 23.3 Å². The predicted molar refractivity (Wildman–Crippen MR) is 81.4 cm³/mol. The van der Waals surface area contributed by atoms with Gasteiger partial charge in [0, 0.05) is 18.1 Å². The van der Waals surface area contributed by atoms with Gasteiger partial charge in [-0.05, 0) is 23.8 Å². The maximum absolute atomic E-state index is 14.7. The molecule has 2 rings (SSSR count). The van der Waals surface area contributed by atoms with Crippen molar-refractivity contribution in [2.75, 3.05) is 7.11 Å². The third-order valence-electron chi connectivity index (χ3n) is 3.41. The average molecular weight is 320 g/mol. The smallest absolute Gasteiger partial charge is 0.302 e. The van der Waals surface area contributed by atoms with E-state index < -0.39 is 18.4 Å². The number of benzene rings is 2. The number of aromatic hydroxyl groups is 1. The maximum Gasteiger partial charge on any atom is 0.302 e. The number of aliphatic hydroxyl groups is 1. The number of phenols is 1. The Balaban J connectivity index is 2.49. The summed E-state index contributed by atoms with van der Waals surface area (Å²) in [5, 5.41) is 19.6. The molecular formula is C17H17FO5. The minimum Gasteiger partial charge on any atom is -0.507 e. The van der Waals surface area contributed by atoms with E-state index in [2.05, 4.69) is 0 Å². The SMILES string of the molecule is COc1ccc(-c2c(O)cc(COC(C)=O)c(CO)c2F)cc1. The van der Waals surface area contributed by atoms with Gasteiger partial charge in [0.25, 0.3) is 0 Å². The Bertz CT molecular complexity index is 710. The lowest BCUT2D eigenvalue weighted by Crippen LogP contribution is -2.05. The summed E-state index contributed by atoms with van der Waals surface area (Å²) >= 11 is 0. The van der Waals surface area contributed by atoms with Gasteiger partial charge in [0.2, 0.25) is 0 Å². The highest BCUT2D eigenvalue weighted by molar-refractivity contribution is 5.73. The number of esters is 1. The van der Waals surface area contributed by atoms with Crippen molar-refractivity contribution >= 4 is 5.97 Å². The first-order chi connectivity index (χ1) is 11.0. The van der Waals surface area contributed by atoms with E-state index >= 15 is 0 Å². The van der Waals surface area contributed by atoms with E-state index in [1.54, 1.807) is 24.3 Å². The van der Waals surface area contributed by atoms with Crippen molar-refractivity contribution in [2.24, 2.45) is 0 Å². The molecule has 0 saturated carbocycles. The zero-order valence-electron chi connectivity index (χ0n) is 12.8. The summed E-state index contributed by atoms with van der Waals surface area (Å²) in [6, 6.07) is 7.77. The fourth-order valence-electron chi connectivity index (χ4n) is 2.24. The first-order valence-electron chi connectivity index (χ1n) is 6.89. The van der Waals surface area contributed by atoms with Crippen LogP contribution in [0.5, 0.6) is 11.5 Å². The van der Waals surface area contributed by atoms with Crippen molar-refractivity contribution in [1.29, 1.82) is 0 Å². The van der Waals surface area contributed by atoms with Gasteiger partial charge in [-0.1, -0.05) is 12.1 Å². The van der Waals surface area contributed by atoms with E-state index in [1.807, 2.05) is 0 Å². The molecule has 0 heterocycles. The second-order valence-corrected chi connectivity index (χ2v) is 4.89. The van der Waals surface area contributed by atoms with E-state index in [-0.39, 0.29) is 29.0 Å². The summed E-state index contributed by atoms with van der Waals surface area (Å²) < 4.78 is 24.5. The lowest BCUT2D eigenvalue weighted by Gasteiger charge is -2.15. The van der Waals surface area contributed by atoms with Crippen LogP contribution in [0.3, 0.4) is 0 Å². The number of phenolic OH excluding ortho intramolecular Hbond substituents is 1. The number of rotatable bonds is 5. The number of halogens is 1. The summed E-state index contributed by atoms with van der Waals surface area (Å²) in [7, 11) is 1.51. The molecule has 5 nitrogen and oxygen atoms in total. The number of aliphatic hydroxyl groups excluding tert-OH is 1. The molecule has 0 aliphatic rings.